The van der Waals surface area contributed by atoms with Crippen molar-refractivity contribution in [2.45, 2.75) is 26.3 Å². The average molecular weight is 335 g/mol. The number of carbonyl (C=O) groups excluding carboxylic acids is 2. The Kier molecular flexibility index (Phi) is 4.84. The number of hydrogen-bond acceptors (Lipinski definition) is 2. The van der Waals surface area contributed by atoms with Crippen molar-refractivity contribution in [3.05, 3.63) is 77.0 Å². The first kappa shape index (κ1) is 16.8. The summed E-state index contributed by atoms with van der Waals surface area (Å²) in [5.74, 6) is -0.235. The van der Waals surface area contributed by atoms with E-state index in [0.29, 0.717) is 17.0 Å². The summed E-state index contributed by atoms with van der Waals surface area (Å²) in [6.45, 7) is 3.83. The second-order valence-corrected chi connectivity index (χ2v) is 5.99. The minimum atomic E-state index is -0.483. The Labute approximate surface area is 147 Å². The summed E-state index contributed by atoms with van der Waals surface area (Å²) in [4.78, 5) is 24.7. The van der Waals surface area contributed by atoms with Gasteiger partial charge in [0.25, 0.3) is 5.91 Å². The van der Waals surface area contributed by atoms with Gasteiger partial charge in [-0.3, -0.25) is 4.79 Å². The predicted octanol–water partition coefficient (Wildman–Crippen LogP) is 3.52. The molecule has 0 unspecified atom stereocenters. The quantitative estimate of drug-likeness (QED) is 0.800. The monoisotopic (exact) mass is 335 g/mol. The Balaban J connectivity index is 1.93. The van der Waals surface area contributed by atoms with Crippen molar-refractivity contribution in [2.75, 3.05) is 5.32 Å². The van der Waals surface area contributed by atoms with Gasteiger partial charge in [0.15, 0.2) is 0 Å². The lowest BCUT2D eigenvalue weighted by Gasteiger charge is -2.28. The first-order valence-corrected chi connectivity index (χ1v) is 8.32. The van der Waals surface area contributed by atoms with E-state index in [9.17, 15) is 9.59 Å². The number of hydrogen-bond donors (Lipinski definition) is 3. The fourth-order valence-electron chi connectivity index (χ4n) is 2.91. The molecule has 5 nitrogen and oxygen atoms in total. The summed E-state index contributed by atoms with van der Waals surface area (Å²) in [7, 11) is 0. The molecule has 1 aliphatic rings. The highest BCUT2D eigenvalue weighted by Crippen LogP contribution is 2.28. The third-order valence-electron chi connectivity index (χ3n) is 4.27. The number of allylic oxidation sites excluding steroid dienone is 1. The highest BCUT2D eigenvalue weighted by Gasteiger charge is 2.31. The molecule has 0 radical (unpaired) electrons. The lowest BCUT2D eigenvalue weighted by molar-refractivity contribution is -0.113. The summed E-state index contributed by atoms with van der Waals surface area (Å²) < 4.78 is 0. The normalized spacial score (nSPS) is 16.9. The molecule has 0 saturated heterocycles. The van der Waals surface area contributed by atoms with Gasteiger partial charge >= 0.3 is 6.03 Å². The van der Waals surface area contributed by atoms with Gasteiger partial charge in [0, 0.05) is 11.4 Å². The Bertz CT molecular complexity index is 811. The highest BCUT2D eigenvalue weighted by molar-refractivity contribution is 6.06. The van der Waals surface area contributed by atoms with Gasteiger partial charge in [0.05, 0.1) is 11.6 Å². The third-order valence-corrected chi connectivity index (χ3v) is 4.27. The molecule has 0 fully saturated rings. The molecule has 3 rings (SSSR count). The van der Waals surface area contributed by atoms with Gasteiger partial charge in [-0.2, -0.15) is 0 Å². The number of carbonyl (C=O) groups is 2. The zero-order valence-corrected chi connectivity index (χ0v) is 14.3. The number of aryl methyl sites for hydroxylation is 1. The van der Waals surface area contributed by atoms with Gasteiger partial charge in [-0.1, -0.05) is 49.4 Å². The van der Waals surface area contributed by atoms with Crippen LogP contribution in [0.5, 0.6) is 0 Å². The van der Waals surface area contributed by atoms with Crippen LogP contribution in [0, 0.1) is 0 Å². The Hall–Kier alpha value is -3.08. The van der Waals surface area contributed by atoms with E-state index < -0.39 is 6.04 Å². The van der Waals surface area contributed by atoms with Crippen molar-refractivity contribution >= 4 is 17.6 Å². The smallest absolute Gasteiger partial charge is 0.319 e. The summed E-state index contributed by atoms with van der Waals surface area (Å²) in [5, 5.41) is 8.43. The van der Waals surface area contributed by atoms with Crippen LogP contribution in [0.4, 0.5) is 10.5 Å². The summed E-state index contributed by atoms with van der Waals surface area (Å²) in [6.07, 6.45) is 0.940. The van der Waals surface area contributed by atoms with E-state index in [1.165, 1.54) is 5.56 Å². The van der Waals surface area contributed by atoms with E-state index in [4.69, 9.17) is 0 Å². The molecular weight excluding hydrogens is 314 g/mol. The summed E-state index contributed by atoms with van der Waals surface area (Å²) in [6, 6.07) is 16.4. The Morgan fingerprint density at radius 1 is 1.08 bits per heavy atom. The highest BCUT2D eigenvalue weighted by atomic mass is 16.2. The molecule has 5 heteroatoms. The molecule has 0 bridgehead atoms. The minimum absolute atomic E-state index is 0.235. The summed E-state index contributed by atoms with van der Waals surface area (Å²) in [5.41, 5.74) is 3.86. The number of amides is 3. The van der Waals surface area contributed by atoms with Crippen LogP contribution < -0.4 is 16.0 Å². The molecule has 0 saturated carbocycles. The minimum Gasteiger partial charge on any atom is -0.327 e. The number of nitrogens with one attached hydrogen (secondary N) is 3. The van der Waals surface area contributed by atoms with Crippen molar-refractivity contribution in [1.29, 1.82) is 0 Å². The van der Waals surface area contributed by atoms with Crippen molar-refractivity contribution in [2.24, 2.45) is 0 Å². The number of rotatable bonds is 4. The Morgan fingerprint density at radius 2 is 1.76 bits per heavy atom. The van der Waals surface area contributed by atoms with Gasteiger partial charge in [-0.05, 0) is 36.6 Å². The molecule has 0 aliphatic carbocycles. The fraction of sp³-hybridized carbons (Fsp3) is 0.200. The fourth-order valence-corrected chi connectivity index (χ4v) is 2.91. The SMILES string of the molecule is CCc1ccc([C@H]2NC(=O)NC(C)=C2C(=O)Nc2ccccc2)cc1. The molecule has 0 aromatic heterocycles. The van der Waals surface area contributed by atoms with Crippen molar-refractivity contribution in [1.82, 2.24) is 10.6 Å². The van der Waals surface area contributed by atoms with Crippen LogP contribution in [0.3, 0.4) is 0 Å². The van der Waals surface area contributed by atoms with Gasteiger partial charge < -0.3 is 16.0 Å². The maximum atomic E-state index is 12.8. The number of benzene rings is 2. The van der Waals surface area contributed by atoms with Crippen molar-refractivity contribution < 1.29 is 9.59 Å². The molecule has 3 amide bonds. The van der Waals surface area contributed by atoms with Crippen LogP contribution in [-0.2, 0) is 11.2 Å². The molecule has 1 atom stereocenters. The third kappa shape index (κ3) is 3.71. The second-order valence-electron chi connectivity index (χ2n) is 5.99. The van der Waals surface area contributed by atoms with Crippen LogP contribution in [0.15, 0.2) is 65.9 Å². The van der Waals surface area contributed by atoms with Crippen LogP contribution in [0.1, 0.15) is 31.0 Å². The first-order valence-electron chi connectivity index (χ1n) is 8.32. The molecule has 1 aliphatic heterocycles. The zero-order valence-electron chi connectivity index (χ0n) is 14.3. The predicted molar refractivity (Wildman–Crippen MR) is 98.0 cm³/mol. The van der Waals surface area contributed by atoms with Crippen molar-refractivity contribution in [3.8, 4) is 0 Å². The number of anilines is 1. The topological polar surface area (TPSA) is 70.2 Å². The van der Waals surface area contributed by atoms with Crippen LogP contribution in [0.2, 0.25) is 0 Å². The van der Waals surface area contributed by atoms with Gasteiger partial charge in [-0.25, -0.2) is 4.79 Å². The van der Waals surface area contributed by atoms with E-state index in [1.54, 1.807) is 6.92 Å². The molecule has 128 valence electrons. The molecule has 2 aromatic rings. The Morgan fingerprint density at radius 3 is 2.40 bits per heavy atom. The molecule has 0 spiro atoms. The number of para-hydroxylation sites is 1. The lowest BCUT2D eigenvalue weighted by Crippen LogP contribution is -2.45. The molecule has 3 N–H and O–H groups in total. The molecular formula is C20H21N3O2. The van der Waals surface area contributed by atoms with Crippen LogP contribution >= 0.6 is 0 Å². The van der Waals surface area contributed by atoms with Gasteiger partial charge in [0.2, 0.25) is 0 Å². The van der Waals surface area contributed by atoms with E-state index in [1.807, 2.05) is 54.6 Å². The van der Waals surface area contributed by atoms with Crippen molar-refractivity contribution in [3.63, 3.8) is 0 Å². The standard InChI is InChI=1S/C20H21N3O2/c1-3-14-9-11-15(12-10-14)18-17(13(2)21-20(25)23-18)19(24)22-16-7-5-4-6-8-16/h4-12,18H,3H2,1-2H3,(H,22,24)(H2,21,23,25)/t18-/m1/s1. The molecule has 2 aromatic carbocycles. The first-order chi connectivity index (χ1) is 12.1. The molecule has 1 heterocycles. The zero-order chi connectivity index (χ0) is 17.8. The van der Waals surface area contributed by atoms with E-state index in [2.05, 4.69) is 22.9 Å². The summed E-state index contributed by atoms with van der Waals surface area (Å²) >= 11 is 0. The lowest BCUT2D eigenvalue weighted by atomic mass is 9.94. The maximum Gasteiger partial charge on any atom is 0.319 e. The average Bonchev–Trinajstić information content (AvgIpc) is 2.62. The maximum absolute atomic E-state index is 12.8. The molecule has 25 heavy (non-hydrogen) atoms. The number of urea groups is 1. The van der Waals surface area contributed by atoms with Gasteiger partial charge in [-0.15, -0.1) is 0 Å². The van der Waals surface area contributed by atoms with Gasteiger partial charge in [0.1, 0.15) is 0 Å². The van der Waals surface area contributed by atoms with E-state index in [-0.39, 0.29) is 11.9 Å². The van der Waals surface area contributed by atoms with Crippen LogP contribution in [-0.4, -0.2) is 11.9 Å². The van der Waals surface area contributed by atoms with Crippen LogP contribution in [0.25, 0.3) is 0 Å². The van der Waals surface area contributed by atoms with E-state index in [0.717, 1.165) is 12.0 Å². The second kappa shape index (κ2) is 7.21. The largest absolute Gasteiger partial charge is 0.327 e. The van der Waals surface area contributed by atoms with E-state index >= 15 is 0 Å².